The maximum atomic E-state index is 12.7. The van der Waals surface area contributed by atoms with Crippen molar-refractivity contribution in [3.63, 3.8) is 0 Å². The average Bonchev–Trinajstić information content (AvgIpc) is 3.19. The Kier molecular flexibility index (Phi) is 4.76. The summed E-state index contributed by atoms with van der Waals surface area (Å²) in [6.07, 6.45) is 4.63. The molecule has 1 aromatic carbocycles. The number of amides is 1. The van der Waals surface area contributed by atoms with Crippen LogP contribution in [0.2, 0.25) is 0 Å². The first-order valence-corrected chi connectivity index (χ1v) is 11.0. The van der Waals surface area contributed by atoms with Crippen LogP contribution in [0.25, 0.3) is 11.0 Å². The molecule has 1 aliphatic carbocycles. The van der Waals surface area contributed by atoms with Gasteiger partial charge in [0, 0.05) is 22.9 Å². The number of likely N-dealkylation sites (tertiary alicyclic amines) is 1. The Morgan fingerprint density at radius 2 is 2.03 bits per heavy atom. The van der Waals surface area contributed by atoms with Gasteiger partial charge in [-0.2, -0.15) is 0 Å². The van der Waals surface area contributed by atoms with Crippen molar-refractivity contribution in [2.75, 3.05) is 13.1 Å². The van der Waals surface area contributed by atoms with Crippen molar-refractivity contribution >= 4 is 28.2 Å². The maximum Gasteiger partial charge on any atom is 0.223 e. The van der Waals surface area contributed by atoms with E-state index in [0.717, 1.165) is 32.4 Å². The first kappa shape index (κ1) is 18.6. The van der Waals surface area contributed by atoms with E-state index < -0.39 is 0 Å². The van der Waals surface area contributed by atoms with Crippen LogP contribution in [0.15, 0.2) is 57.3 Å². The lowest BCUT2D eigenvalue weighted by Gasteiger charge is -2.32. The van der Waals surface area contributed by atoms with Gasteiger partial charge < -0.3 is 9.73 Å². The van der Waals surface area contributed by atoms with E-state index in [1.807, 2.05) is 35.7 Å². The summed E-state index contributed by atoms with van der Waals surface area (Å²) in [6.45, 7) is 3.08. The third kappa shape index (κ3) is 3.63. The van der Waals surface area contributed by atoms with Crippen LogP contribution in [-0.2, 0) is 17.9 Å². The lowest BCUT2D eigenvalue weighted by molar-refractivity contribution is -0.123. The third-order valence-corrected chi connectivity index (χ3v) is 7.40. The van der Waals surface area contributed by atoms with E-state index in [4.69, 9.17) is 4.42 Å². The molecule has 1 spiro atoms. The van der Waals surface area contributed by atoms with Gasteiger partial charge in [-0.25, -0.2) is 0 Å². The molecular weight excluding hydrogens is 384 g/mol. The zero-order valence-corrected chi connectivity index (χ0v) is 17.0. The fraction of sp³-hybridized carbons (Fsp3) is 0.391. The monoisotopic (exact) mass is 408 g/mol. The van der Waals surface area contributed by atoms with Crippen molar-refractivity contribution in [3.05, 3.63) is 68.7 Å². The molecule has 3 aromatic rings. The van der Waals surface area contributed by atoms with Gasteiger partial charge in [-0.1, -0.05) is 18.2 Å². The lowest BCUT2D eigenvalue weighted by Crippen LogP contribution is -2.37. The number of piperidine rings is 1. The number of hydrogen-bond acceptors (Lipinski definition) is 5. The molecule has 1 saturated heterocycles. The van der Waals surface area contributed by atoms with E-state index in [9.17, 15) is 9.59 Å². The second-order valence-electron chi connectivity index (χ2n) is 8.28. The average molecular weight is 409 g/mol. The van der Waals surface area contributed by atoms with Crippen LogP contribution in [0.5, 0.6) is 0 Å². The molecule has 5 rings (SSSR count). The van der Waals surface area contributed by atoms with Gasteiger partial charge >= 0.3 is 0 Å². The molecule has 1 amide bonds. The molecule has 2 aliphatic rings. The number of nitrogens with one attached hydrogen (secondary N) is 1. The Bertz CT molecular complexity index is 1080. The van der Waals surface area contributed by atoms with E-state index in [1.165, 1.54) is 4.88 Å². The number of carbonyl (C=O) groups is 1. The van der Waals surface area contributed by atoms with Crippen molar-refractivity contribution in [1.82, 2.24) is 10.2 Å². The van der Waals surface area contributed by atoms with Gasteiger partial charge in [-0.05, 0) is 61.3 Å². The zero-order valence-electron chi connectivity index (χ0n) is 16.2. The highest BCUT2D eigenvalue weighted by molar-refractivity contribution is 7.09. The second-order valence-corrected chi connectivity index (χ2v) is 9.31. The minimum Gasteiger partial charge on any atom is -0.464 e. The minimum absolute atomic E-state index is 0.0596. The molecule has 5 nitrogen and oxygen atoms in total. The van der Waals surface area contributed by atoms with Gasteiger partial charge in [0.2, 0.25) is 5.91 Å². The lowest BCUT2D eigenvalue weighted by atomic mass is 9.90. The standard InChI is InChI=1S/C23H24N2O3S/c26-21-16(15-28-20-6-2-1-5-18(20)21)14-25-9-7-23(8-10-25)12-19(23)22(27)24-13-17-4-3-11-29-17/h1-6,11,15,19H,7-10,12-14H2,(H,24,27). The van der Waals surface area contributed by atoms with E-state index in [1.54, 1.807) is 17.6 Å². The first-order chi connectivity index (χ1) is 14.1. The molecular formula is C23H24N2O3S. The molecule has 3 heterocycles. The van der Waals surface area contributed by atoms with Gasteiger partial charge in [-0.3, -0.25) is 14.5 Å². The quantitative estimate of drug-likeness (QED) is 0.698. The number of fused-ring (bicyclic) bond motifs is 1. The molecule has 1 aliphatic heterocycles. The molecule has 150 valence electrons. The Morgan fingerprint density at radius 3 is 2.83 bits per heavy atom. The molecule has 1 unspecified atom stereocenters. The van der Waals surface area contributed by atoms with Gasteiger partial charge in [0.05, 0.1) is 18.2 Å². The topological polar surface area (TPSA) is 62.6 Å². The number of rotatable bonds is 5. The molecule has 2 aromatic heterocycles. The summed E-state index contributed by atoms with van der Waals surface area (Å²) in [4.78, 5) is 28.8. The Balaban J connectivity index is 1.17. The molecule has 29 heavy (non-hydrogen) atoms. The number of benzene rings is 1. The Morgan fingerprint density at radius 1 is 1.21 bits per heavy atom. The summed E-state index contributed by atoms with van der Waals surface area (Å²) in [7, 11) is 0. The van der Waals surface area contributed by atoms with Crippen LogP contribution in [0, 0.1) is 11.3 Å². The van der Waals surface area contributed by atoms with E-state index in [-0.39, 0.29) is 22.7 Å². The van der Waals surface area contributed by atoms with Crippen molar-refractivity contribution in [1.29, 1.82) is 0 Å². The SMILES string of the molecule is O=C(NCc1cccs1)C1CC12CCN(Cc1coc3ccccc3c1=O)CC2. The Hall–Kier alpha value is -2.44. The van der Waals surface area contributed by atoms with E-state index >= 15 is 0 Å². The molecule has 2 fully saturated rings. The van der Waals surface area contributed by atoms with Crippen LogP contribution < -0.4 is 10.7 Å². The smallest absolute Gasteiger partial charge is 0.223 e. The summed E-state index contributed by atoms with van der Waals surface area (Å²) >= 11 is 1.67. The Labute approximate surface area is 173 Å². The maximum absolute atomic E-state index is 12.7. The number of nitrogens with zero attached hydrogens (tertiary/aromatic N) is 1. The normalized spacial score (nSPS) is 20.8. The summed E-state index contributed by atoms with van der Waals surface area (Å²) in [6, 6.07) is 11.4. The molecule has 6 heteroatoms. The summed E-state index contributed by atoms with van der Waals surface area (Å²) in [5, 5.41) is 5.77. The fourth-order valence-corrected chi connectivity index (χ4v) is 5.25. The molecule has 1 atom stereocenters. The molecule has 1 saturated carbocycles. The highest BCUT2D eigenvalue weighted by Crippen LogP contribution is 2.59. The summed E-state index contributed by atoms with van der Waals surface area (Å²) in [5.41, 5.74) is 1.57. The first-order valence-electron chi connectivity index (χ1n) is 10.2. The van der Waals surface area contributed by atoms with Gasteiger partial charge in [0.25, 0.3) is 0 Å². The summed E-state index contributed by atoms with van der Waals surface area (Å²) < 4.78 is 5.65. The van der Waals surface area contributed by atoms with Crippen molar-refractivity contribution in [3.8, 4) is 0 Å². The van der Waals surface area contributed by atoms with Crippen LogP contribution in [0.4, 0.5) is 0 Å². The molecule has 0 radical (unpaired) electrons. The predicted octanol–water partition coefficient (Wildman–Crippen LogP) is 3.77. The highest BCUT2D eigenvalue weighted by Gasteiger charge is 2.58. The predicted molar refractivity (Wildman–Crippen MR) is 114 cm³/mol. The van der Waals surface area contributed by atoms with Crippen LogP contribution in [-0.4, -0.2) is 23.9 Å². The highest BCUT2D eigenvalue weighted by atomic mass is 32.1. The number of thiophene rings is 1. The molecule has 1 N–H and O–H groups in total. The third-order valence-electron chi connectivity index (χ3n) is 6.52. The number of carbonyl (C=O) groups excluding carboxylic acids is 1. The van der Waals surface area contributed by atoms with Gasteiger partial charge in [0.15, 0.2) is 5.43 Å². The van der Waals surface area contributed by atoms with Gasteiger partial charge in [0.1, 0.15) is 5.58 Å². The minimum atomic E-state index is 0.0596. The van der Waals surface area contributed by atoms with Crippen molar-refractivity contribution in [2.24, 2.45) is 11.3 Å². The summed E-state index contributed by atoms with van der Waals surface area (Å²) in [5.74, 6) is 0.345. The van der Waals surface area contributed by atoms with Crippen LogP contribution in [0.1, 0.15) is 29.7 Å². The zero-order chi connectivity index (χ0) is 19.8. The fourth-order valence-electron chi connectivity index (χ4n) is 4.61. The second kappa shape index (κ2) is 7.43. The molecule has 0 bridgehead atoms. The van der Waals surface area contributed by atoms with Crippen molar-refractivity contribution < 1.29 is 9.21 Å². The van der Waals surface area contributed by atoms with Crippen LogP contribution in [0.3, 0.4) is 0 Å². The van der Waals surface area contributed by atoms with Crippen LogP contribution >= 0.6 is 11.3 Å². The number of para-hydroxylation sites is 1. The largest absolute Gasteiger partial charge is 0.464 e. The van der Waals surface area contributed by atoms with E-state index in [2.05, 4.69) is 16.3 Å². The van der Waals surface area contributed by atoms with Crippen molar-refractivity contribution in [2.45, 2.75) is 32.4 Å². The number of hydrogen-bond donors (Lipinski definition) is 1. The van der Waals surface area contributed by atoms with Gasteiger partial charge in [-0.15, -0.1) is 11.3 Å². The van der Waals surface area contributed by atoms with E-state index in [0.29, 0.717) is 29.6 Å².